The molecule has 1 N–H and O–H groups in total. The van der Waals surface area contributed by atoms with Gasteiger partial charge in [0.2, 0.25) is 5.91 Å². The van der Waals surface area contributed by atoms with Crippen molar-refractivity contribution in [2.24, 2.45) is 11.8 Å². The van der Waals surface area contributed by atoms with Crippen LogP contribution in [0.15, 0.2) is 23.3 Å². The van der Waals surface area contributed by atoms with Gasteiger partial charge in [-0.2, -0.15) is 0 Å². The first kappa shape index (κ1) is 6.46. The lowest BCUT2D eigenvalue weighted by molar-refractivity contribution is -0.119. The van der Waals surface area contributed by atoms with E-state index in [0.717, 1.165) is 25.0 Å². The fraction of sp³-hybridized carbons (Fsp3) is 0.500. The molecule has 3 aliphatic rings. The lowest BCUT2D eigenvalue weighted by atomic mass is 9.84. The molecule has 1 heterocycles. The van der Waals surface area contributed by atoms with E-state index in [-0.39, 0.29) is 5.91 Å². The van der Waals surface area contributed by atoms with Crippen LogP contribution in [0.1, 0.15) is 12.8 Å². The Labute approximate surface area is 71.3 Å². The second kappa shape index (κ2) is 2.00. The molecule has 12 heavy (non-hydrogen) atoms. The van der Waals surface area contributed by atoms with E-state index in [2.05, 4.69) is 17.5 Å². The van der Waals surface area contributed by atoms with E-state index in [9.17, 15) is 4.79 Å². The minimum Gasteiger partial charge on any atom is -0.352 e. The molecule has 0 spiro atoms. The number of rotatable bonds is 0. The molecule has 3 rings (SSSR count). The Bertz CT molecular complexity index is 314. The standard InChI is InChI=1S/C10H11NO/c12-10-9-7-2-1-6(5-7)8(9)3-4-11-10/h1-2,6,8H,3-5H2,(H,11,12). The molecule has 1 amide bonds. The Morgan fingerprint density at radius 3 is 3.25 bits per heavy atom. The van der Waals surface area contributed by atoms with Gasteiger partial charge < -0.3 is 5.32 Å². The number of fused-ring (bicyclic) bond motifs is 4. The number of piperidine rings is 1. The lowest BCUT2D eigenvalue weighted by Crippen LogP contribution is -2.37. The molecule has 0 aromatic heterocycles. The Hall–Kier alpha value is -1.05. The number of amides is 1. The number of nitrogens with one attached hydrogen (secondary N) is 1. The van der Waals surface area contributed by atoms with Crippen molar-refractivity contribution < 1.29 is 4.79 Å². The van der Waals surface area contributed by atoms with Crippen molar-refractivity contribution in [2.75, 3.05) is 6.54 Å². The number of hydrogen-bond donors (Lipinski definition) is 1. The first-order valence-electron chi connectivity index (χ1n) is 4.56. The van der Waals surface area contributed by atoms with Gasteiger partial charge in [0.1, 0.15) is 0 Å². The van der Waals surface area contributed by atoms with Crippen LogP contribution in [0.4, 0.5) is 0 Å². The molecule has 1 aliphatic heterocycles. The molecule has 2 bridgehead atoms. The monoisotopic (exact) mass is 161 g/mol. The molecule has 0 aromatic carbocycles. The van der Waals surface area contributed by atoms with Gasteiger partial charge in [0, 0.05) is 12.1 Å². The van der Waals surface area contributed by atoms with Crippen LogP contribution in [-0.2, 0) is 4.79 Å². The number of carbonyl (C=O) groups excluding carboxylic acids is 1. The second-order valence-electron chi connectivity index (χ2n) is 3.82. The van der Waals surface area contributed by atoms with E-state index < -0.39 is 0 Å². The van der Waals surface area contributed by atoms with E-state index in [1.54, 1.807) is 0 Å². The zero-order valence-electron chi connectivity index (χ0n) is 6.84. The normalized spacial score (nSPS) is 37.2. The Morgan fingerprint density at radius 2 is 2.42 bits per heavy atom. The molecule has 0 aromatic rings. The molecule has 0 saturated carbocycles. The molecule has 2 aliphatic carbocycles. The van der Waals surface area contributed by atoms with Gasteiger partial charge in [-0.25, -0.2) is 0 Å². The average Bonchev–Trinajstić information content (AvgIpc) is 2.64. The van der Waals surface area contributed by atoms with E-state index in [4.69, 9.17) is 0 Å². The zero-order chi connectivity index (χ0) is 8.13. The summed E-state index contributed by atoms with van der Waals surface area (Å²) >= 11 is 0. The van der Waals surface area contributed by atoms with Gasteiger partial charge >= 0.3 is 0 Å². The van der Waals surface area contributed by atoms with E-state index >= 15 is 0 Å². The lowest BCUT2D eigenvalue weighted by Gasteiger charge is -2.26. The van der Waals surface area contributed by atoms with Crippen molar-refractivity contribution in [3.05, 3.63) is 23.3 Å². The smallest absolute Gasteiger partial charge is 0.247 e. The summed E-state index contributed by atoms with van der Waals surface area (Å²) in [5.74, 6) is 1.40. The highest BCUT2D eigenvalue weighted by molar-refractivity contribution is 5.97. The fourth-order valence-electron chi connectivity index (χ4n) is 2.67. The van der Waals surface area contributed by atoms with Crippen LogP contribution >= 0.6 is 0 Å². The summed E-state index contributed by atoms with van der Waals surface area (Å²) in [6, 6.07) is 0. The SMILES string of the molecule is O=C1NCCC2C1=C1C=CC2C1. The second-order valence-corrected chi connectivity index (χ2v) is 3.82. The highest BCUT2D eigenvalue weighted by atomic mass is 16.1. The average molecular weight is 161 g/mol. The summed E-state index contributed by atoms with van der Waals surface area (Å²) in [5, 5.41) is 2.91. The van der Waals surface area contributed by atoms with Gasteiger partial charge in [-0.05, 0) is 30.3 Å². The summed E-state index contributed by atoms with van der Waals surface area (Å²) < 4.78 is 0. The fourth-order valence-corrected chi connectivity index (χ4v) is 2.67. The molecule has 0 radical (unpaired) electrons. The van der Waals surface area contributed by atoms with Crippen molar-refractivity contribution in [2.45, 2.75) is 12.8 Å². The molecule has 2 atom stereocenters. The van der Waals surface area contributed by atoms with E-state index in [0.29, 0.717) is 11.8 Å². The largest absolute Gasteiger partial charge is 0.352 e. The Balaban J connectivity index is 2.11. The molecule has 62 valence electrons. The summed E-state index contributed by atoms with van der Waals surface area (Å²) in [5.41, 5.74) is 2.39. The predicted octanol–water partition coefficient (Wildman–Crippen LogP) is 1.01. The van der Waals surface area contributed by atoms with Crippen molar-refractivity contribution in [1.82, 2.24) is 5.32 Å². The first-order valence-corrected chi connectivity index (χ1v) is 4.56. The maximum Gasteiger partial charge on any atom is 0.247 e. The zero-order valence-corrected chi connectivity index (χ0v) is 6.84. The summed E-state index contributed by atoms with van der Waals surface area (Å²) in [4.78, 5) is 11.5. The highest BCUT2D eigenvalue weighted by Crippen LogP contribution is 2.46. The van der Waals surface area contributed by atoms with Crippen LogP contribution in [0.25, 0.3) is 0 Å². The van der Waals surface area contributed by atoms with Crippen LogP contribution in [0.3, 0.4) is 0 Å². The minimum absolute atomic E-state index is 0.188. The first-order chi connectivity index (χ1) is 5.86. The van der Waals surface area contributed by atoms with Crippen molar-refractivity contribution >= 4 is 5.91 Å². The van der Waals surface area contributed by atoms with Crippen LogP contribution in [0.5, 0.6) is 0 Å². The Morgan fingerprint density at radius 1 is 1.50 bits per heavy atom. The van der Waals surface area contributed by atoms with Gasteiger partial charge in [-0.3, -0.25) is 4.79 Å². The van der Waals surface area contributed by atoms with Gasteiger partial charge in [0.25, 0.3) is 0 Å². The van der Waals surface area contributed by atoms with E-state index in [1.807, 2.05) is 0 Å². The van der Waals surface area contributed by atoms with Crippen LogP contribution in [-0.4, -0.2) is 12.5 Å². The van der Waals surface area contributed by atoms with Gasteiger partial charge in [0.15, 0.2) is 0 Å². The van der Waals surface area contributed by atoms with Crippen LogP contribution < -0.4 is 5.32 Å². The number of hydrogen-bond acceptors (Lipinski definition) is 1. The van der Waals surface area contributed by atoms with Gasteiger partial charge in [-0.1, -0.05) is 12.2 Å². The summed E-state index contributed by atoms with van der Waals surface area (Å²) in [6.45, 7) is 0.866. The van der Waals surface area contributed by atoms with Crippen LogP contribution in [0, 0.1) is 11.8 Å². The van der Waals surface area contributed by atoms with E-state index in [1.165, 1.54) is 5.57 Å². The van der Waals surface area contributed by atoms with Gasteiger partial charge in [0.05, 0.1) is 0 Å². The molecule has 1 saturated heterocycles. The third-order valence-corrected chi connectivity index (χ3v) is 3.22. The molecule has 2 nitrogen and oxygen atoms in total. The van der Waals surface area contributed by atoms with Crippen molar-refractivity contribution in [1.29, 1.82) is 0 Å². The molecular formula is C10H11NO. The Kier molecular flexibility index (Phi) is 1.08. The molecule has 2 heteroatoms. The highest BCUT2D eigenvalue weighted by Gasteiger charge is 2.40. The van der Waals surface area contributed by atoms with Crippen molar-refractivity contribution in [3.63, 3.8) is 0 Å². The topological polar surface area (TPSA) is 29.1 Å². The number of carbonyl (C=O) groups is 1. The van der Waals surface area contributed by atoms with Crippen LogP contribution in [0.2, 0.25) is 0 Å². The molecule has 1 fully saturated rings. The predicted molar refractivity (Wildman–Crippen MR) is 45.4 cm³/mol. The molecular weight excluding hydrogens is 150 g/mol. The van der Waals surface area contributed by atoms with Crippen molar-refractivity contribution in [3.8, 4) is 0 Å². The third-order valence-electron chi connectivity index (χ3n) is 3.22. The molecule has 2 unspecified atom stereocenters. The summed E-state index contributed by atoms with van der Waals surface area (Å²) in [7, 11) is 0. The number of allylic oxidation sites excluding steroid dienone is 3. The summed E-state index contributed by atoms with van der Waals surface area (Å²) in [6.07, 6.45) is 6.65. The maximum absolute atomic E-state index is 11.5. The minimum atomic E-state index is 0.188. The third kappa shape index (κ3) is 0.631. The van der Waals surface area contributed by atoms with Gasteiger partial charge in [-0.15, -0.1) is 0 Å². The maximum atomic E-state index is 11.5. The quantitative estimate of drug-likeness (QED) is 0.564.